The second kappa shape index (κ2) is 5.20. The molecule has 0 aromatic rings. The van der Waals surface area contributed by atoms with Gasteiger partial charge in [-0.25, -0.2) is 0 Å². The maximum atomic E-state index is 5.54. The molecule has 0 aromatic carbocycles. The largest absolute Gasteiger partial charge is 0.380 e. The second-order valence-electron chi connectivity index (χ2n) is 3.64. The summed E-state index contributed by atoms with van der Waals surface area (Å²) in [6, 6.07) is 0.278. The van der Waals surface area contributed by atoms with Crippen molar-refractivity contribution < 1.29 is 4.74 Å². The molecule has 1 aliphatic rings. The third-order valence-electron chi connectivity index (χ3n) is 2.68. The van der Waals surface area contributed by atoms with E-state index in [1.54, 1.807) is 0 Å². The highest BCUT2D eigenvalue weighted by Gasteiger charge is 2.37. The molecule has 1 heterocycles. The predicted molar refractivity (Wildman–Crippen MR) is 57.7 cm³/mol. The smallest absolute Gasteiger partial charge is 0.0646 e. The lowest BCUT2D eigenvalue weighted by molar-refractivity contribution is 0.111. The molecule has 2 atom stereocenters. The van der Waals surface area contributed by atoms with Crippen molar-refractivity contribution in [2.45, 2.75) is 37.5 Å². The van der Waals surface area contributed by atoms with E-state index in [9.17, 15) is 0 Å². The van der Waals surface area contributed by atoms with Crippen LogP contribution in [-0.4, -0.2) is 29.8 Å². The van der Waals surface area contributed by atoms with E-state index in [-0.39, 0.29) is 10.8 Å². The summed E-state index contributed by atoms with van der Waals surface area (Å²) in [7, 11) is 0. The molecule has 3 N–H and O–H groups in total. The number of rotatable bonds is 5. The molecule has 0 bridgehead atoms. The molecule has 4 heteroatoms. The predicted octanol–water partition coefficient (Wildman–Crippen LogP) is 1.14. The number of nitrogens with one attached hydrogen (secondary N) is 1. The standard InChI is InChI=1S/C9H20N2OS/c1-3-12-7-8(11-10)9(2)5-4-6-13-9/h8,11H,3-7,10H2,1-2H3. The average Bonchev–Trinajstić information content (AvgIpc) is 2.54. The maximum Gasteiger partial charge on any atom is 0.0646 e. The van der Waals surface area contributed by atoms with E-state index < -0.39 is 0 Å². The summed E-state index contributed by atoms with van der Waals surface area (Å²) in [5.41, 5.74) is 2.87. The fourth-order valence-corrected chi connectivity index (χ4v) is 3.09. The molecule has 1 rings (SSSR count). The minimum atomic E-state index is 0.268. The molecule has 0 radical (unpaired) electrons. The van der Waals surface area contributed by atoms with Crippen LogP contribution in [0.3, 0.4) is 0 Å². The zero-order valence-electron chi connectivity index (χ0n) is 8.51. The minimum Gasteiger partial charge on any atom is -0.380 e. The Morgan fingerprint density at radius 3 is 2.92 bits per heavy atom. The Morgan fingerprint density at radius 2 is 2.46 bits per heavy atom. The first-order chi connectivity index (χ1) is 6.23. The third kappa shape index (κ3) is 2.84. The summed E-state index contributed by atoms with van der Waals surface area (Å²) in [6.07, 6.45) is 2.53. The highest BCUT2D eigenvalue weighted by Crippen LogP contribution is 2.40. The van der Waals surface area contributed by atoms with Crippen LogP contribution in [0, 0.1) is 0 Å². The molecule has 0 spiro atoms. The normalized spacial score (nSPS) is 30.7. The van der Waals surface area contributed by atoms with Crippen molar-refractivity contribution in [2.75, 3.05) is 19.0 Å². The summed E-state index contributed by atoms with van der Waals surface area (Å²) in [4.78, 5) is 0. The van der Waals surface area contributed by atoms with Crippen LogP contribution in [0.2, 0.25) is 0 Å². The van der Waals surface area contributed by atoms with Crippen LogP contribution in [-0.2, 0) is 4.74 Å². The molecule has 0 saturated carbocycles. The van der Waals surface area contributed by atoms with Gasteiger partial charge in [-0.15, -0.1) is 0 Å². The zero-order chi connectivity index (χ0) is 9.73. The fourth-order valence-electron chi connectivity index (χ4n) is 1.71. The number of nitrogens with two attached hydrogens (primary N) is 1. The monoisotopic (exact) mass is 204 g/mol. The van der Waals surface area contributed by atoms with Gasteiger partial charge < -0.3 is 4.74 Å². The lowest BCUT2D eigenvalue weighted by atomic mass is 9.97. The van der Waals surface area contributed by atoms with Crippen molar-refractivity contribution in [1.82, 2.24) is 5.43 Å². The van der Waals surface area contributed by atoms with Gasteiger partial charge in [0.25, 0.3) is 0 Å². The Morgan fingerprint density at radius 1 is 1.69 bits per heavy atom. The summed E-state index contributed by atoms with van der Waals surface area (Å²) in [5, 5.41) is 0. The topological polar surface area (TPSA) is 47.3 Å². The number of hydrogen-bond acceptors (Lipinski definition) is 4. The van der Waals surface area contributed by atoms with Crippen LogP contribution in [0.5, 0.6) is 0 Å². The minimum absolute atomic E-state index is 0.268. The molecule has 3 nitrogen and oxygen atoms in total. The molecule has 0 amide bonds. The van der Waals surface area contributed by atoms with Gasteiger partial charge in [0.15, 0.2) is 0 Å². The van der Waals surface area contributed by atoms with Crippen LogP contribution in [0.4, 0.5) is 0 Å². The first-order valence-electron chi connectivity index (χ1n) is 4.91. The van der Waals surface area contributed by atoms with Gasteiger partial charge in [-0.05, 0) is 32.4 Å². The van der Waals surface area contributed by atoms with E-state index in [0.29, 0.717) is 0 Å². The van der Waals surface area contributed by atoms with Gasteiger partial charge in [0, 0.05) is 11.4 Å². The zero-order valence-corrected chi connectivity index (χ0v) is 9.32. The molecule has 0 aliphatic carbocycles. The van der Waals surface area contributed by atoms with Crippen LogP contribution < -0.4 is 11.3 Å². The first-order valence-corrected chi connectivity index (χ1v) is 5.89. The Bertz CT molecular complexity index is 149. The van der Waals surface area contributed by atoms with Crippen molar-refractivity contribution in [3.63, 3.8) is 0 Å². The number of ether oxygens (including phenoxy) is 1. The van der Waals surface area contributed by atoms with E-state index in [1.807, 2.05) is 18.7 Å². The average molecular weight is 204 g/mol. The molecule has 0 aromatic heterocycles. The van der Waals surface area contributed by atoms with Gasteiger partial charge in [-0.1, -0.05) is 0 Å². The fraction of sp³-hybridized carbons (Fsp3) is 1.00. The van der Waals surface area contributed by atoms with Crippen molar-refractivity contribution in [1.29, 1.82) is 0 Å². The maximum absolute atomic E-state index is 5.54. The second-order valence-corrected chi connectivity index (χ2v) is 5.27. The molecular weight excluding hydrogens is 184 g/mol. The molecule has 1 fully saturated rings. The SMILES string of the molecule is CCOCC(NN)C1(C)CCCS1. The highest BCUT2D eigenvalue weighted by molar-refractivity contribution is 8.00. The van der Waals surface area contributed by atoms with E-state index in [1.165, 1.54) is 18.6 Å². The lowest BCUT2D eigenvalue weighted by Crippen LogP contribution is -2.51. The van der Waals surface area contributed by atoms with Crippen molar-refractivity contribution >= 4 is 11.8 Å². The van der Waals surface area contributed by atoms with Gasteiger partial charge in [0.1, 0.15) is 0 Å². The van der Waals surface area contributed by atoms with Crippen LogP contribution in [0.1, 0.15) is 26.7 Å². The Labute approximate surface area is 84.7 Å². The van der Waals surface area contributed by atoms with Gasteiger partial charge in [0.05, 0.1) is 12.6 Å². The van der Waals surface area contributed by atoms with Crippen molar-refractivity contribution in [2.24, 2.45) is 5.84 Å². The van der Waals surface area contributed by atoms with E-state index in [0.717, 1.165) is 13.2 Å². The van der Waals surface area contributed by atoms with Gasteiger partial charge in [-0.2, -0.15) is 11.8 Å². The van der Waals surface area contributed by atoms with Crippen molar-refractivity contribution in [3.8, 4) is 0 Å². The number of thioether (sulfide) groups is 1. The van der Waals surface area contributed by atoms with Gasteiger partial charge in [-0.3, -0.25) is 11.3 Å². The van der Waals surface area contributed by atoms with E-state index >= 15 is 0 Å². The molecule has 1 saturated heterocycles. The van der Waals surface area contributed by atoms with Crippen LogP contribution in [0.15, 0.2) is 0 Å². The highest BCUT2D eigenvalue weighted by atomic mass is 32.2. The molecular formula is C9H20N2OS. The number of hydrazine groups is 1. The Balaban J connectivity index is 2.43. The Hall–Kier alpha value is 0.230. The van der Waals surface area contributed by atoms with Gasteiger partial charge >= 0.3 is 0 Å². The molecule has 13 heavy (non-hydrogen) atoms. The van der Waals surface area contributed by atoms with Crippen molar-refractivity contribution in [3.05, 3.63) is 0 Å². The molecule has 78 valence electrons. The van der Waals surface area contributed by atoms with E-state index in [4.69, 9.17) is 10.6 Å². The number of hydrogen-bond donors (Lipinski definition) is 2. The third-order valence-corrected chi connectivity index (χ3v) is 4.32. The summed E-state index contributed by atoms with van der Waals surface area (Å²) in [5.74, 6) is 6.79. The summed E-state index contributed by atoms with van der Waals surface area (Å²) < 4.78 is 5.68. The summed E-state index contributed by atoms with van der Waals surface area (Å²) >= 11 is 2.01. The summed E-state index contributed by atoms with van der Waals surface area (Å²) in [6.45, 7) is 5.77. The lowest BCUT2D eigenvalue weighted by Gasteiger charge is -2.32. The Kier molecular flexibility index (Phi) is 4.52. The van der Waals surface area contributed by atoms with Crippen LogP contribution >= 0.6 is 11.8 Å². The molecule has 1 aliphatic heterocycles. The van der Waals surface area contributed by atoms with E-state index in [2.05, 4.69) is 12.3 Å². The van der Waals surface area contributed by atoms with Gasteiger partial charge in [0.2, 0.25) is 0 Å². The first kappa shape index (κ1) is 11.3. The quantitative estimate of drug-likeness (QED) is 0.521. The molecule has 2 unspecified atom stereocenters. The van der Waals surface area contributed by atoms with Crippen LogP contribution in [0.25, 0.3) is 0 Å².